The Morgan fingerprint density at radius 1 is 1.46 bits per heavy atom. The normalized spacial score (nSPS) is 10.2. The number of aromatic hydroxyl groups is 1. The Morgan fingerprint density at radius 3 is 2.62 bits per heavy atom. The minimum Gasteiger partial charge on any atom is -0.504 e. The Hall–Kier alpha value is -0.890. The Balaban J connectivity index is 3.26. The molecule has 0 aliphatic heterocycles. The molecule has 13 heavy (non-hydrogen) atoms. The highest BCUT2D eigenvalue weighted by Crippen LogP contribution is 2.37. The topological polar surface area (TPSA) is 29.5 Å². The maximum atomic E-state index is 9.68. The fraction of sp³-hybridized carbons (Fsp3) is 0.400. The second-order valence-corrected chi connectivity index (χ2v) is 3.32. The van der Waals surface area contributed by atoms with Gasteiger partial charge >= 0.3 is 0 Å². The van der Waals surface area contributed by atoms with Gasteiger partial charge in [-0.25, -0.2) is 0 Å². The van der Waals surface area contributed by atoms with Crippen LogP contribution < -0.4 is 4.74 Å². The minimum absolute atomic E-state index is 0.145. The Kier molecular flexibility index (Phi) is 3.04. The van der Waals surface area contributed by atoms with Crippen LogP contribution in [0.15, 0.2) is 6.07 Å². The first kappa shape index (κ1) is 10.2. The molecule has 0 saturated heterocycles. The SMILES string of the molecule is CCOc1c(C)cc(Cl)c(C)c1O. The van der Waals surface area contributed by atoms with Gasteiger partial charge in [-0.2, -0.15) is 0 Å². The van der Waals surface area contributed by atoms with E-state index in [9.17, 15) is 5.11 Å². The lowest BCUT2D eigenvalue weighted by Gasteiger charge is -2.12. The number of phenols is 1. The van der Waals surface area contributed by atoms with Gasteiger partial charge < -0.3 is 9.84 Å². The Bertz CT molecular complexity index is 321. The first-order valence-corrected chi connectivity index (χ1v) is 4.57. The molecule has 0 bridgehead atoms. The molecule has 0 heterocycles. The average Bonchev–Trinajstić information content (AvgIpc) is 2.09. The summed E-state index contributed by atoms with van der Waals surface area (Å²) in [6, 6.07) is 1.79. The van der Waals surface area contributed by atoms with Crippen LogP contribution >= 0.6 is 11.6 Å². The smallest absolute Gasteiger partial charge is 0.164 e. The van der Waals surface area contributed by atoms with E-state index in [1.54, 1.807) is 13.0 Å². The lowest BCUT2D eigenvalue weighted by molar-refractivity contribution is 0.315. The van der Waals surface area contributed by atoms with Crippen LogP contribution in [-0.2, 0) is 0 Å². The fourth-order valence-electron chi connectivity index (χ4n) is 1.16. The number of rotatable bonds is 2. The van der Waals surface area contributed by atoms with E-state index in [4.69, 9.17) is 16.3 Å². The molecule has 0 unspecified atom stereocenters. The van der Waals surface area contributed by atoms with Crippen molar-refractivity contribution in [3.05, 3.63) is 22.2 Å². The van der Waals surface area contributed by atoms with Crippen molar-refractivity contribution in [3.8, 4) is 11.5 Å². The number of halogens is 1. The van der Waals surface area contributed by atoms with Crippen molar-refractivity contribution in [3.63, 3.8) is 0 Å². The number of phenolic OH excluding ortho intramolecular Hbond substituents is 1. The zero-order valence-electron chi connectivity index (χ0n) is 8.02. The zero-order valence-corrected chi connectivity index (χ0v) is 8.77. The monoisotopic (exact) mass is 200 g/mol. The molecule has 0 aliphatic carbocycles. The van der Waals surface area contributed by atoms with Crippen molar-refractivity contribution < 1.29 is 9.84 Å². The maximum Gasteiger partial charge on any atom is 0.164 e. The number of hydrogen-bond donors (Lipinski definition) is 1. The van der Waals surface area contributed by atoms with Crippen LogP contribution in [0.1, 0.15) is 18.1 Å². The lowest BCUT2D eigenvalue weighted by atomic mass is 10.1. The standard InChI is InChI=1S/C10H13ClO2/c1-4-13-10-6(2)5-8(11)7(3)9(10)12/h5,12H,4H2,1-3H3. The largest absolute Gasteiger partial charge is 0.504 e. The number of aryl methyl sites for hydroxylation is 1. The highest BCUT2D eigenvalue weighted by Gasteiger charge is 2.11. The van der Waals surface area contributed by atoms with Gasteiger partial charge in [-0.05, 0) is 32.4 Å². The van der Waals surface area contributed by atoms with Crippen molar-refractivity contribution >= 4 is 11.6 Å². The van der Waals surface area contributed by atoms with Gasteiger partial charge in [0.25, 0.3) is 0 Å². The molecular weight excluding hydrogens is 188 g/mol. The molecule has 0 spiro atoms. The summed E-state index contributed by atoms with van der Waals surface area (Å²) < 4.78 is 5.29. The van der Waals surface area contributed by atoms with E-state index in [2.05, 4.69) is 0 Å². The molecule has 0 fully saturated rings. The van der Waals surface area contributed by atoms with Gasteiger partial charge in [-0.1, -0.05) is 11.6 Å². The molecule has 0 saturated carbocycles. The van der Waals surface area contributed by atoms with Gasteiger partial charge in [0, 0.05) is 10.6 Å². The fourth-order valence-corrected chi connectivity index (χ4v) is 1.41. The molecule has 1 aromatic rings. The quantitative estimate of drug-likeness (QED) is 0.795. The van der Waals surface area contributed by atoms with Gasteiger partial charge in [0.05, 0.1) is 6.61 Å². The first-order chi connectivity index (χ1) is 6.07. The Morgan fingerprint density at radius 2 is 2.08 bits per heavy atom. The van der Waals surface area contributed by atoms with Gasteiger partial charge in [0.1, 0.15) is 0 Å². The minimum atomic E-state index is 0.145. The van der Waals surface area contributed by atoms with Crippen LogP contribution in [0.2, 0.25) is 5.02 Å². The highest BCUT2D eigenvalue weighted by atomic mass is 35.5. The molecule has 2 nitrogen and oxygen atoms in total. The summed E-state index contributed by atoms with van der Waals surface area (Å²) >= 11 is 5.88. The van der Waals surface area contributed by atoms with Crippen molar-refractivity contribution in [1.29, 1.82) is 0 Å². The predicted octanol–water partition coefficient (Wildman–Crippen LogP) is 3.06. The zero-order chi connectivity index (χ0) is 10.0. The summed E-state index contributed by atoms with van der Waals surface area (Å²) in [5, 5.41) is 10.2. The molecule has 0 aromatic heterocycles. The molecule has 1 N–H and O–H groups in total. The second-order valence-electron chi connectivity index (χ2n) is 2.91. The van der Waals surface area contributed by atoms with E-state index in [-0.39, 0.29) is 5.75 Å². The highest BCUT2D eigenvalue weighted by molar-refractivity contribution is 6.31. The van der Waals surface area contributed by atoms with Crippen LogP contribution in [-0.4, -0.2) is 11.7 Å². The molecule has 0 aliphatic rings. The van der Waals surface area contributed by atoms with Gasteiger partial charge in [-0.3, -0.25) is 0 Å². The third-order valence-electron chi connectivity index (χ3n) is 1.92. The lowest BCUT2D eigenvalue weighted by Crippen LogP contribution is -1.96. The summed E-state index contributed by atoms with van der Waals surface area (Å²) in [6.45, 7) is 6.04. The molecular formula is C10H13ClO2. The summed E-state index contributed by atoms with van der Waals surface area (Å²) in [7, 11) is 0. The summed E-state index contributed by atoms with van der Waals surface area (Å²) in [5.74, 6) is 0.677. The molecule has 0 radical (unpaired) electrons. The molecule has 3 heteroatoms. The van der Waals surface area contributed by atoms with Crippen molar-refractivity contribution in [2.45, 2.75) is 20.8 Å². The van der Waals surface area contributed by atoms with Crippen LogP contribution in [0.4, 0.5) is 0 Å². The summed E-state index contributed by atoms with van der Waals surface area (Å²) in [5.41, 5.74) is 1.52. The van der Waals surface area contributed by atoms with E-state index < -0.39 is 0 Å². The first-order valence-electron chi connectivity index (χ1n) is 4.19. The van der Waals surface area contributed by atoms with Crippen LogP contribution in [0.25, 0.3) is 0 Å². The predicted molar refractivity (Wildman–Crippen MR) is 53.8 cm³/mol. The van der Waals surface area contributed by atoms with Crippen LogP contribution in [0.3, 0.4) is 0 Å². The maximum absolute atomic E-state index is 9.68. The number of ether oxygens (including phenoxy) is 1. The van der Waals surface area contributed by atoms with Gasteiger partial charge in [-0.15, -0.1) is 0 Å². The van der Waals surface area contributed by atoms with Gasteiger partial charge in [0.2, 0.25) is 0 Å². The Labute approximate surface area is 83.1 Å². The summed E-state index contributed by atoms with van der Waals surface area (Å²) in [6.07, 6.45) is 0. The van der Waals surface area contributed by atoms with E-state index in [0.717, 1.165) is 5.56 Å². The molecule has 0 atom stereocenters. The third-order valence-corrected chi connectivity index (χ3v) is 2.31. The van der Waals surface area contributed by atoms with Crippen LogP contribution in [0.5, 0.6) is 11.5 Å². The van der Waals surface area contributed by atoms with Crippen molar-refractivity contribution in [2.75, 3.05) is 6.61 Å². The van der Waals surface area contributed by atoms with E-state index in [0.29, 0.717) is 22.9 Å². The number of benzene rings is 1. The molecule has 1 rings (SSSR count). The third kappa shape index (κ3) is 1.89. The molecule has 0 amide bonds. The van der Waals surface area contributed by atoms with Crippen molar-refractivity contribution in [2.24, 2.45) is 0 Å². The summed E-state index contributed by atoms with van der Waals surface area (Å²) in [4.78, 5) is 0. The van der Waals surface area contributed by atoms with Gasteiger partial charge in [0.15, 0.2) is 11.5 Å². The van der Waals surface area contributed by atoms with Crippen molar-refractivity contribution in [1.82, 2.24) is 0 Å². The van der Waals surface area contributed by atoms with E-state index in [1.807, 2.05) is 13.8 Å². The second kappa shape index (κ2) is 3.88. The van der Waals surface area contributed by atoms with Crippen LogP contribution in [0, 0.1) is 13.8 Å². The van der Waals surface area contributed by atoms with E-state index in [1.165, 1.54) is 0 Å². The number of hydrogen-bond acceptors (Lipinski definition) is 2. The molecule has 72 valence electrons. The van der Waals surface area contributed by atoms with E-state index >= 15 is 0 Å². The average molecular weight is 201 g/mol. The molecule has 1 aromatic carbocycles.